The number of aromatic nitrogens is 4. The Kier molecular flexibility index (Phi) is 16.2. The van der Waals surface area contributed by atoms with Gasteiger partial charge in [-0.25, -0.2) is 0 Å². The van der Waals surface area contributed by atoms with Crippen LogP contribution < -0.4 is 0 Å². The van der Waals surface area contributed by atoms with Gasteiger partial charge in [0.1, 0.15) is 0 Å². The maximum Gasteiger partial charge on any atom is 0.0676 e. The molecule has 352 valence electrons. The Hall–Kier alpha value is -5.92. The van der Waals surface area contributed by atoms with Gasteiger partial charge in [-0.05, 0) is 71.5 Å². The zero-order chi connectivity index (χ0) is 48.8. The smallest absolute Gasteiger partial charge is 0.0676 e. The van der Waals surface area contributed by atoms with Gasteiger partial charge in [-0.1, -0.05) is 132 Å². The van der Waals surface area contributed by atoms with Gasteiger partial charge < -0.3 is 19.9 Å². The number of benzene rings is 6. The third-order valence-corrected chi connectivity index (χ3v) is 11.5. The summed E-state index contributed by atoms with van der Waals surface area (Å²) >= 11 is 0. The average molecular weight is 981 g/mol. The molecule has 4 N–H and O–H groups in total. The summed E-state index contributed by atoms with van der Waals surface area (Å²) < 4.78 is 38.2. The van der Waals surface area contributed by atoms with E-state index in [9.17, 15) is 16.8 Å². The summed E-state index contributed by atoms with van der Waals surface area (Å²) in [4.78, 5) is 16.1. The van der Waals surface area contributed by atoms with Crippen molar-refractivity contribution < 1.29 is 16.8 Å². The first-order chi connectivity index (χ1) is 32.5. The second-order valence-electron chi connectivity index (χ2n) is 17.5. The fourth-order valence-corrected chi connectivity index (χ4v) is 9.12. The summed E-state index contributed by atoms with van der Waals surface area (Å²) in [5.41, 5.74) is 19.2. The highest BCUT2D eigenvalue weighted by Crippen LogP contribution is 2.54. The van der Waals surface area contributed by atoms with Crippen molar-refractivity contribution in [2.24, 2.45) is 0 Å². The van der Waals surface area contributed by atoms with Gasteiger partial charge in [-0.15, -0.1) is 0 Å². The van der Waals surface area contributed by atoms with Crippen LogP contribution >= 0.6 is 0 Å². The van der Waals surface area contributed by atoms with E-state index >= 15 is 0 Å². The summed E-state index contributed by atoms with van der Waals surface area (Å²) in [5.74, 6) is -0.181. The highest BCUT2D eigenvalue weighted by atomic mass is 32.2. The number of para-hydroxylation sites is 4. The lowest BCUT2D eigenvalue weighted by atomic mass is 9.76. The molecule has 0 aliphatic heterocycles. The molecule has 0 bridgehead atoms. The van der Waals surface area contributed by atoms with Gasteiger partial charge in [-0.3, -0.25) is 16.8 Å². The van der Waals surface area contributed by atoms with Gasteiger partial charge in [0.15, 0.2) is 0 Å². The average Bonchev–Trinajstić information content (AvgIpc) is 4.06. The van der Waals surface area contributed by atoms with Crippen molar-refractivity contribution in [3.8, 4) is 22.8 Å². The van der Waals surface area contributed by atoms with Crippen LogP contribution in [0.15, 0.2) is 146 Å². The van der Waals surface area contributed by atoms with Gasteiger partial charge in [-0.2, -0.15) is 0 Å². The first-order valence-corrected chi connectivity index (χ1v) is 30.0. The Morgan fingerprint density at radius 3 is 0.706 bits per heavy atom. The molecule has 10 aromatic rings. The molecule has 0 saturated carbocycles. The molecule has 0 unspecified atom stereocenters. The molecular formula is C56H60N4O4S4. The standard InChI is InChI=1S/C48H36N4.4C2H6OS/c1-27-19-23-29(24-20-27)39-41-31-11-3-7-15-35(31)49-45(41)47-43(33-13-5-9-17-37(33)51-47)40(30-25-21-28(2)22-26-30)44-34-14-6-10-18-38(34)52-48(44)46-42(39)32-12-4-8-16-36(32)50-46;4*1-4(2)3/h3-26,39-40,49-52H,1-2H3;4*1-2H3. The number of rotatable bonds is 2. The first kappa shape index (κ1) is 50.0. The monoisotopic (exact) mass is 980 g/mol. The number of aromatic amines is 4. The van der Waals surface area contributed by atoms with Crippen LogP contribution in [-0.2, 0) is 43.2 Å². The van der Waals surface area contributed by atoms with E-state index in [4.69, 9.17) is 0 Å². The molecule has 0 radical (unpaired) electrons. The second kappa shape index (κ2) is 22.0. The Morgan fingerprint density at radius 2 is 0.500 bits per heavy atom. The van der Waals surface area contributed by atoms with Crippen molar-refractivity contribution in [3.63, 3.8) is 0 Å². The molecule has 0 atom stereocenters. The van der Waals surface area contributed by atoms with Crippen molar-refractivity contribution in [2.75, 3.05) is 50.0 Å². The van der Waals surface area contributed by atoms with Crippen LogP contribution in [0, 0.1) is 13.8 Å². The molecule has 11 rings (SSSR count). The van der Waals surface area contributed by atoms with E-state index in [2.05, 4.69) is 179 Å². The first-order valence-electron chi connectivity index (χ1n) is 22.1. The van der Waals surface area contributed by atoms with Crippen LogP contribution in [0.5, 0.6) is 0 Å². The van der Waals surface area contributed by atoms with Crippen molar-refractivity contribution in [1.82, 2.24) is 19.9 Å². The van der Waals surface area contributed by atoms with E-state index in [1.54, 1.807) is 50.0 Å². The minimum absolute atomic E-state index is 0.0904. The van der Waals surface area contributed by atoms with Crippen molar-refractivity contribution in [1.29, 1.82) is 0 Å². The summed E-state index contributed by atoms with van der Waals surface area (Å²) in [6.45, 7) is 4.34. The van der Waals surface area contributed by atoms with Crippen molar-refractivity contribution in [3.05, 3.63) is 190 Å². The molecule has 8 nitrogen and oxygen atoms in total. The van der Waals surface area contributed by atoms with Crippen LogP contribution in [0.25, 0.3) is 66.4 Å². The number of aryl methyl sites for hydroxylation is 2. The van der Waals surface area contributed by atoms with Crippen LogP contribution in [0.1, 0.15) is 56.3 Å². The molecule has 6 aromatic carbocycles. The quantitative estimate of drug-likeness (QED) is 0.137. The topological polar surface area (TPSA) is 131 Å². The molecule has 4 heterocycles. The van der Waals surface area contributed by atoms with E-state index in [0.717, 1.165) is 44.8 Å². The molecule has 0 amide bonds. The predicted octanol–water partition coefficient (Wildman–Crippen LogP) is 12.2. The van der Waals surface area contributed by atoms with Gasteiger partial charge in [0.2, 0.25) is 0 Å². The van der Waals surface area contributed by atoms with Crippen LogP contribution in [0.2, 0.25) is 0 Å². The molecule has 1 aliphatic rings. The molecule has 4 aromatic heterocycles. The van der Waals surface area contributed by atoms with Crippen molar-refractivity contribution >= 4 is 86.8 Å². The minimum Gasteiger partial charge on any atom is -0.353 e. The third kappa shape index (κ3) is 11.0. The van der Waals surface area contributed by atoms with E-state index in [1.807, 2.05) is 0 Å². The normalized spacial score (nSPS) is 13.9. The number of fused-ring (bicyclic) bond motifs is 14. The number of nitrogens with one attached hydrogen (secondary N) is 4. The molecule has 0 spiro atoms. The Labute approximate surface area is 409 Å². The molecule has 68 heavy (non-hydrogen) atoms. The lowest BCUT2D eigenvalue weighted by molar-refractivity contribution is 0.689. The van der Waals surface area contributed by atoms with Crippen LogP contribution in [0.4, 0.5) is 0 Å². The van der Waals surface area contributed by atoms with Crippen LogP contribution in [0.3, 0.4) is 0 Å². The molecular weight excluding hydrogens is 921 g/mol. The van der Waals surface area contributed by atoms with E-state index in [0.29, 0.717) is 0 Å². The van der Waals surface area contributed by atoms with Gasteiger partial charge in [0.05, 0.1) is 22.8 Å². The SMILES string of the molecule is CS(C)=O.CS(C)=O.CS(C)=O.CS(C)=O.Cc1ccc(C2c3c([nH]c4ccccc34)-c3[nH]c4ccccc4c3C(c3ccc(C)cc3)c3c([nH]c4ccccc34)-c3[nH]c4ccccc4c32)cc1. The van der Waals surface area contributed by atoms with E-state index < -0.39 is 43.2 Å². The summed E-state index contributed by atoms with van der Waals surface area (Å²) in [7, 11) is -2.44. The molecule has 0 saturated heterocycles. The Balaban J connectivity index is 0.000000376. The number of H-pyrrole nitrogens is 4. The van der Waals surface area contributed by atoms with Gasteiger partial charge >= 0.3 is 0 Å². The molecule has 12 heteroatoms. The predicted molar refractivity (Wildman–Crippen MR) is 295 cm³/mol. The lowest BCUT2D eigenvalue weighted by Gasteiger charge is -2.26. The molecule has 0 fully saturated rings. The number of hydrogen-bond acceptors (Lipinski definition) is 4. The van der Waals surface area contributed by atoms with Crippen molar-refractivity contribution in [2.45, 2.75) is 25.7 Å². The van der Waals surface area contributed by atoms with Crippen LogP contribution in [-0.4, -0.2) is 86.8 Å². The fraction of sp³-hybridized carbons (Fsp3) is 0.214. The third-order valence-electron chi connectivity index (χ3n) is 11.5. The molecule has 1 aliphatic carbocycles. The summed E-state index contributed by atoms with van der Waals surface area (Å²) in [6.07, 6.45) is 13.1. The maximum atomic E-state index is 9.56. The lowest BCUT2D eigenvalue weighted by Crippen LogP contribution is -2.11. The maximum absolute atomic E-state index is 9.56. The highest BCUT2D eigenvalue weighted by Gasteiger charge is 2.38. The van der Waals surface area contributed by atoms with Gasteiger partial charge in [0.25, 0.3) is 0 Å². The zero-order valence-corrected chi connectivity index (χ0v) is 43.5. The van der Waals surface area contributed by atoms with E-state index in [-0.39, 0.29) is 11.8 Å². The zero-order valence-electron chi connectivity index (χ0n) is 40.3. The van der Waals surface area contributed by atoms with Gasteiger partial charge in [0, 0.05) is 149 Å². The minimum atomic E-state index is -0.611. The summed E-state index contributed by atoms with van der Waals surface area (Å²) in [6, 6.07) is 53.7. The highest BCUT2D eigenvalue weighted by molar-refractivity contribution is 7.84. The summed E-state index contributed by atoms with van der Waals surface area (Å²) in [5, 5.41) is 4.92. The van der Waals surface area contributed by atoms with E-state index in [1.165, 1.54) is 66.1 Å². The largest absolute Gasteiger partial charge is 0.353 e. The fourth-order valence-electron chi connectivity index (χ4n) is 9.12. The Morgan fingerprint density at radius 1 is 0.309 bits per heavy atom. The Bertz CT molecular complexity index is 3020. The second-order valence-corrected chi connectivity index (χ2v) is 23.4. The number of hydrogen-bond donors (Lipinski definition) is 4.